The minimum Gasteiger partial charge on any atom is -0.373 e. The maximum absolute atomic E-state index is 12.6. The monoisotopic (exact) mass is 490 g/mol. The Morgan fingerprint density at radius 1 is 0.886 bits per heavy atom. The lowest BCUT2D eigenvalue weighted by atomic mass is 10.0. The van der Waals surface area contributed by atoms with Crippen LogP contribution in [0.2, 0.25) is 0 Å². The second-order valence-electron chi connectivity index (χ2n) is 9.09. The van der Waals surface area contributed by atoms with Crippen molar-refractivity contribution < 1.29 is 28.5 Å². The Kier molecular flexibility index (Phi) is 10.3. The minimum absolute atomic E-state index is 0.00535. The molecule has 0 radical (unpaired) electrons. The maximum Gasteiger partial charge on any atom is 0.248 e. The molecule has 4 rings (SSSR count). The lowest BCUT2D eigenvalue weighted by Gasteiger charge is -2.38. The molecule has 0 aromatic heterocycles. The lowest BCUT2D eigenvalue weighted by Crippen LogP contribution is -2.52. The standard InChI is InChI=1S/C25H38N4O6/c30-23(28-11-7-26-8-12-28)18-32-17-22-25(35-16-20-4-2-1-3-5-20)21(6-15-33-22)34-19-24(31)29-13-9-27-10-14-29/h1-5,21-22,25-27H,6-19H2/t21-,22-,25+/m1/s1. The van der Waals surface area contributed by atoms with Gasteiger partial charge >= 0.3 is 0 Å². The van der Waals surface area contributed by atoms with Crippen LogP contribution in [0.3, 0.4) is 0 Å². The van der Waals surface area contributed by atoms with E-state index in [9.17, 15) is 9.59 Å². The Hall–Kier alpha value is -2.08. The van der Waals surface area contributed by atoms with Gasteiger partial charge in [-0.25, -0.2) is 0 Å². The molecule has 0 spiro atoms. The van der Waals surface area contributed by atoms with Crippen molar-refractivity contribution in [2.24, 2.45) is 0 Å². The van der Waals surface area contributed by atoms with Gasteiger partial charge in [0.05, 0.1) is 19.3 Å². The molecule has 3 atom stereocenters. The molecule has 3 heterocycles. The summed E-state index contributed by atoms with van der Waals surface area (Å²) in [7, 11) is 0. The van der Waals surface area contributed by atoms with Gasteiger partial charge < -0.3 is 39.4 Å². The van der Waals surface area contributed by atoms with E-state index in [-0.39, 0.29) is 43.8 Å². The molecule has 0 aliphatic carbocycles. The van der Waals surface area contributed by atoms with E-state index in [0.717, 1.165) is 31.7 Å². The molecule has 1 aromatic carbocycles. The number of carbonyl (C=O) groups excluding carboxylic acids is 2. The lowest BCUT2D eigenvalue weighted by molar-refractivity contribution is -0.196. The highest BCUT2D eigenvalue weighted by molar-refractivity contribution is 5.78. The highest BCUT2D eigenvalue weighted by Gasteiger charge is 2.37. The summed E-state index contributed by atoms with van der Waals surface area (Å²) in [5.41, 5.74) is 1.04. The van der Waals surface area contributed by atoms with Crippen LogP contribution < -0.4 is 10.6 Å². The van der Waals surface area contributed by atoms with Crippen molar-refractivity contribution >= 4 is 11.8 Å². The first kappa shape index (κ1) is 26.0. The van der Waals surface area contributed by atoms with Gasteiger partial charge in [-0.3, -0.25) is 9.59 Å². The molecule has 2 amide bonds. The van der Waals surface area contributed by atoms with Crippen molar-refractivity contribution in [3.63, 3.8) is 0 Å². The third kappa shape index (κ3) is 7.96. The van der Waals surface area contributed by atoms with E-state index >= 15 is 0 Å². The van der Waals surface area contributed by atoms with Crippen LogP contribution in [0, 0.1) is 0 Å². The zero-order valence-corrected chi connectivity index (χ0v) is 20.4. The predicted octanol–water partition coefficient (Wildman–Crippen LogP) is -0.374. The molecular formula is C25H38N4O6. The molecule has 1 aromatic rings. The van der Waals surface area contributed by atoms with Gasteiger partial charge in [0.2, 0.25) is 11.8 Å². The number of piperazine rings is 2. The predicted molar refractivity (Wildman–Crippen MR) is 129 cm³/mol. The number of hydrogen-bond acceptors (Lipinski definition) is 8. The topological polar surface area (TPSA) is 102 Å². The molecule has 194 valence electrons. The van der Waals surface area contributed by atoms with Crippen molar-refractivity contribution in [1.82, 2.24) is 20.4 Å². The van der Waals surface area contributed by atoms with Crippen LogP contribution in [0.1, 0.15) is 12.0 Å². The molecule has 0 unspecified atom stereocenters. The summed E-state index contributed by atoms with van der Waals surface area (Å²) in [6.07, 6.45) is -0.460. The van der Waals surface area contributed by atoms with E-state index in [2.05, 4.69) is 10.6 Å². The number of nitrogens with zero attached hydrogens (tertiary/aromatic N) is 2. The van der Waals surface area contributed by atoms with Crippen molar-refractivity contribution in [2.45, 2.75) is 31.3 Å². The Morgan fingerprint density at radius 2 is 1.51 bits per heavy atom. The molecule has 10 nitrogen and oxygen atoms in total. The van der Waals surface area contributed by atoms with Crippen molar-refractivity contribution in [3.05, 3.63) is 35.9 Å². The molecule has 35 heavy (non-hydrogen) atoms. The number of rotatable bonds is 10. The molecule has 3 saturated heterocycles. The zero-order chi connectivity index (χ0) is 24.3. The van der Waals surface area contributed by atoms with E-state index in [4.69, 9.17) is 18.9 Å². The van der Waals surface area contributed by atoms with Gasteiger partial charge in [-0.1, -0.05) is 30.3 Å². The number of carbonyl (C=O) groups is 2. The summed E-state index contributed by atoms with van der Waals surface area (Å²) in [6, 6.07) is 9.92. The van der Waals surface area contributed by atoms with Crippen LogP contribution in [0.15, 0.2) is 30.3 Å². The molecule has 3 aliphatic rings. The number of hydrogen-bond donors (Lipinski definition) is 2. The fraction of sp³-hybridized carbons (Fsp3) is 0.680. The maximum atomic E-state index is 12.6. The summed E-state index contributed by atoms with van der Waals surface area (Å²) in [5.74, 6) is -0.0206. The molecule has 2 N–H and O–H groups in total. The third-order valence-electron chi connectivity index (χ3n) is 6.62. The SMILES string of the molecule is O=C(COC[C@H]1OCC[C@@H](OCC(=O)N2CCNCC2)[C@@H]1OCc1ccccc1)N1CCNCC1. The summed E-state index contributed by atoms with van der Waals surface area (Å²) >= 11 is 0. The van der Waals surface area contributed by atoms with Gasteiger partial charge in [-0.15, -0.1) is 0 Å². The number of benzene rings is 1. The number of nitrogens with one attached hydrogen (secondary N) is 2. The van der Waals surface area contributed by atoms with Crippen molar-refractivity contribution in [3.8, 4) is 0 Å². The Balaban J connectivity index is 1.32. The molecule has 10 heteroatoms. The Bertz CT molecular complexity index is 785. The van der Waals surface area contributed by atoms with Gasteiger partial charge in [-0.2, -0.15) is 0 Å². The van der Waals surface area contributed by atoms with E-state index in [1.807, 2.05) is 40.1 Å². The normalized spacial score (nSPS) is 25.4. The minimum atomic E-state index is -0.408. The van der Waals surface area contributed by atoms with E-state index in [1.165, 1.54) is 0 Å². The van der Waals surface area contributed by atoms with Crippen LogP contribution in [0.5, 0.6) is 0 Å². The number of amides is 2. The van der Waals surface area contributed by atoms with Crippen molar-refractivity contribution in [1.29, 1.82) is 0 Å². The van der Waals surface area contributed by atoms with E-state index in [1.54, 1.807) is 0 Å². The van der Waals surface area contributed by atoms with Crippen LogP contribution in [-0.4, -0.2) is 119 Å². The second kappa shape index (κ2) is 13.9. The largest absolute Gasteiger partial charge is 0.373 e. The fourth-order valence-corrected chi connectivity index (χ4v) is 4.59. The van der Waals surface area contributed by atoms with Crippen molar-refractivity contribution in [2.75, 3.05) is 78.8 Å². The van der Waals surface area contributed by atoms with E-state index < -0.39 is 6.10 Å². The van der Waals surface area contributed by atoms with Gasteiger partial charge in [0, 0.05) is 59.0 Å². The summed E-state index contributed by atoms with van der Waals surface area (Å²) < 4.78 is 24.2. The molecule has 3 fully saturated rings. The molecule has 3 aliphatic heterocycles. The Morgan fingerprint density at radius 3 is 2.17 bits per heavy atom. The highest BCUT2D eigenvalue weighted by Crippen LogP contribution is 2.23. The van der Waals surface area contributed by atoms with E-state index in [0.29, 0.717) is 45.8 Å². The first-order chi connectivity index (χ1) is 17.2. The quantitative estimate of drug-likeness (QED) is 0.458. The first-order valence-corrected chi connectivity index (χ1v) is 12.6. The van der Waals surface area contributed by atoms with Crippen LogP contribution in [0.25, 0.3) is 0 Å². The molecule has 0 saturated carbocycles. The molecule has 0 bridgehead atoms. The second-order valence-corrected chi connectivity index (χ2v) is 9.09. The summed E-state index contributed by atoms with van der Waals surface area (Å²) in [4.78, 5) is 28.7. The van der Waals surface area contributed by atoms with Gasteiger partial charge in [0.25, 0.3) is 0 Å². The fourth-order valence-electron chi connectivity index (χ4n) is 4.59. The average molecular weight is 491 g/mol. The zero-order valence-electron chi connectivity index (χ0n) is 20.4. The van der Waals surface area contributed by atoms with Gasteiger partial charge in [0.15, 0.2) is 0 Å². The van der Waals surface area contributed by atoms with Crippen LogP contribution in [-0.2, 0) is 35.1 Å². The third-order valence-corrected chi connectivity index (χ3v) is 6.62. The van der Waals surface area contributed by atoms with Crippen LogP contribution in [0.4, 0.5) is 0 Å². The van der Waals surface area contributed by atoms with Gasteiger partial charge in [0.1, 0.15) is 25.4 Å². The molecular weight excluding hydrogens is 452 g/mol. The summed E-state index contributed by atoms with van der Waals surface area (Å²) in [5, 5.41) is 6.49. The smallest absolute Gasteiger partial charge is 0.248 e. The average Bonchev–Trinajstić information content (AvgIpc) is 2.92. The summed E-state index contributed by atoms with van der Waals surface area (Å²) in [6.45, 7) is 7.14. The van der Waals surface area contributed by atoms with Crippen LogP contribution >= 0.6 is 0 Å². The Labute approximate surface area is 207 Å². The van der Waals surface area contributed by atoms with Gasteiger partial charge in [-0.05, 0) is 12.0 Å². The highest BCUT2D eigenvalue weighted by atomic mass is 16.6. The number of ether oxygens (including phenoxy) is 4. The first-order valence-electron chi connectivity index (χ1n) is 12.6.